The van der Waals surface area contributed by atoms with Crippen molar-refractivity contribution in [2.24, 2.45) is 5.41 Å². The Morgan fingerprint density at radius 1 is 0.806 bits per heavy atom. The number of rotatable bonds is 11. The molecule has 3 aromatic carbocycles. The Morgan fingerprint density at radius 2 is 1.42 bits per heavy atom. The summed E-state index contributed by atoms with van der Waals surface area (Å²) in [6.07, 6.45) is 3.34. The molecule has 0 bridgehead atoms. The minimum Gasteiger partial charge on any atom is -0.489 e. The summed E-state index contributed by atoms with van der Waals surface area (Å²) in [4.78, 5) is 12.8. The first kappa shape index (κ1) is 22.6. The fourth-order valence-electron chi connectivity index (χ4n) is 3.79. The van der Waals surface area contributed by atoms with Crippen LogP contribution in [0.25, 0.3) is 0 Å². The number of esters is 1. The summed E-state index contributed by atoms with van der Waals surface area (Å²) in [6.45, 7) is 4.83. The van der Waals surface area contributed by atoms with Crippen LogP contribution in [-0.2, 0) is 29.0 Å². The molecule has 3 heteroatoms. The Balaban J connectivity index is 1.60. The number of hydrogen-bond acceptors (Lipinski definition) is 3. The van der Waals surface area contributed by atoms with Gasteiger partial charge in [0.25, 0.3) is 0 Å². The van der Waals surface area contributed by atoms with Crippen molar-refractivity contribution in [3.8, 4) is 5.75 Å². The van der Waals surface area contributed by atoms with Gasteiger partial charge in [-0.15, -0.1) is 0 Å². The van der Waals surface area contributed by atoms with E-state index in [1.165, 1.54) is 5.56 Å². The van der Waals surface area contributed by atoms with Crippen LogP contribution in [0.1, 0.15) is 43.4 Å². The highest BCUT2D eigenvalue weighted by Crippen LogP contribution is 2.31. The van der Waals surface area contributed by atoms with Crippen LogP contribution in [0.2, 0.25) is 0 Å². The lowest BCUT2D eigenvalue weighted by Gasteiger charge is -2.27. The third-order valence-electron chi connectivity index (χ3n) is 5.57. The number of ether oxygens (including phenoxy) is 2. The Kier molecular flexibility index (Phi) is 8.28. The van der Waals surface area contributed by atoms with Crippen molar-refractivity contribution in [2.45, 2.75) is 46.1 Å². The molecule has 3 nitrogen and oxygen atoms in total. The maximum absolute atomic E-state index is 12.8. The van der Waals surface area contributed by atoms with E-state index < -0.39 is 5.41 Å². The van der Waals surface area contributed by atoms with Gasteiger partial charge in [-0.05, 0) is 68.4 Å². The van der Waals surface area contributed by atoms with E-state index in [0.717, 1.165) is 36.1 Å². The third-order valence-corrected chi connectivity index (χ3v) is 5.57. The van der Waals surface area contributed by atoms with Crippen molar-refractivity contribution in [3.05, 3.63) is 102 Å². The van der Waals surface area contributed by atoms with Gasteiger partial charge in [0.05, 0.1) is 12.0 Å². The van der Waals surface area contributed by atoms with Gasteiger partial charge in [0, 0.05) is 0 Å². The van der Waals surface area contributed by atoms with Crippen LogP contribution >= 0.6 is 0 Å². The van der Waals surface area contributed by atoms with Gasteiger partial charge in [0.15, 0.2) is 0 Å². The summed E-state index contributed by atoms with van der Waals surface area (Å²) >= 11 is 0. The van der Waals surface area contributed by atoms with Crippen molar-refractivity contribution in [3.63, 3.8) is 0 Å². The lowest BCUT2D eigenvalue weighted by Crippen LogP contribution is -2.32. The van der Waals surface area contributed by atoms with E-state index in [1.54, 1.807) is 0 Å². The van der Waals surface area contributed by atoms with E-state index in [2.05, 4.69) is 48.5 Å². The van der Waals surface area contributed by atoms with Crippen LogP contribution in [0, 0.1) is 5.41 Å². The average molecular weight is 417 g/mol. The zero-order valence-corrected chi connectivity index (χ0v) is 18.6. The summed E-state index contributed by atoms with van der Waals surface area (Å²) < 4.78 is 11.3. The second-order valence-electron chi connectivity index (χ2n) is 8.22. The second-order valence-corrected chi connectivity index (χ2v) is 8.22. The standard InChI is InChI=1S/C28H32O3/c1-3-30-27(29)28(2,20-10-15-23-11-6-4-7-12-23)21-24-16-18-26(19-17-24)31-22-25-13-8-5-9-14-25/h4-9,11-14,16-19H,3,10,15,20-22H2,1-2H3. The molecular weight excluding hydrogens is 384 g/mol. The summed E-state index contributed by atoms with van der Waals surface area (Å²) in [5.41, 5.74) is 3.01. The molecule has 0 radical (unpaired) electrons. The molecule has 1 atom stereocenters. The van der Waals surface area contributed by atoms with Crippen LogP contribution in [0.4, 0.5) is 0 Å². The van der Waals surface area contributed by atoms with Crippen molar-refractivity contribution in [2.75, 3.05) is 6.61 Å². The molecular formula is C28H32O3. The lowest BCUT2D eigenvalue weighted by molar-refractivity contribution is -0.154. The van der Waals surface area contributed by atoms with Crippen LogP contribution in [-0.4, -0.2) is 12.6 Å². The molecule has 0 spiro atoms. The van der Waals surface area contributed by atoms with Gasteiger partial charge in [0.1, 0.15) is 12.4 Å². The predicted octanol–water partition coefficient (Wildman–Crippen LogP) is 6.40. The monoisotopic (exact) mass is 416 g/mol. The number of carbonyl (C=O) groups is 1. The minimum absolute atomic E-state index is 0.118. The maximum atomic E-state index is 12.8. The molecule has 0 saturated heterocycles. The van der Waals surface area contributed by atoms with E-state index in [-0.39, 0.29) is 5.97 Å². The van der Waals surface area contributed by atoms with Gasteiger partial charge in [-0.2, -0.15) is 0 Å². The topological polar surface area (TPSA) is 35.5 Å². The van der Waals surface area contributed by atoms with Gasteiger partial charge < -0.3 is 9.47 Å². The zero-order chi connectivity index (χ0) is 21.9. The van der Waals surface area contributed by atoms with Gasteiger partial charge in [0.2, 0.25) is 0 Å². The summed E-state index contributed by atoms with van der Waals surface area (Å²) in [7, 11) is 0. The summed E-state index contributed by atoms with van der Waals surface area (Å²) in [6, 6.07) is 28.6. The predicted molar refractivity (Wildman–Crippen MR) is 125 cm³/mol. The number of carbonyl (C=O) groups excluding carboxylic acids is 1. The quantitative estimate of drug-likeness (QED) is 0.339. The third kappa shape index (κ3) is 6.99. The van der Waals surface area contributed by atoms with Crippen molar-refractivity contribution < 1.29 is 14.3 Å². The molecule has 31 heavy (non-hydrogen) atoms. The molecule has 1 unspecified atom stereocenters. The molecule has 0 saturated carbocycles. The Labute approximate surface area is 186 Å². The lowest BCUT2D eigenvalue weighted by atomic mass is 9.79. The van der Waals surface area contributed by atoms with E-state index in [1.807, 2.05) is 50.2 Å². The van der Waals surface area contributed by atoms with Crippen LogP contribution < -0.4 is 4.74 Å². The summed E-state index contributed by atoms with van der Waals surface area (Å²) in [5, 5.41) is 0. The van der Waals surface area contributed by atoms with Crippen molar-refractivity contribution in [1.82, 2.24) is 0 Å². The molecule has 0 amide bonds. The maximum Gasteiger partial charge on any atom is 0.312 e. The average Bonchev–Trinajstić information content (AvgIpc) is 2.80. The van der Waals surface area contributed by atoms with Crippen molar-refractivity contribution >= 4 is 5.97 Å². The summed E-state index contributed by atoms with van der Waals surface area (Å²) in [5.74, 6) is 0.710. The molecule has 3 rings (SSSR count). The highest BCUT2D eigenvalue weighted by Gasteiger charge is 2.34. The van der Waals surface area contributed by atoms with Gasteiger partial charge in [-0.25, -0.2) is 0 Å². The van der Waals surface area contributed by atoms with E-state index in [4.69, 9.17) is 9.47 Å². The van der Waals surface area contributed by atoms with Crippen LogP contribution in [0.5, 0.6) is 5.75 Å². The number of benzene rings is 3. The highest BCUT2D eigenvalue weighted by atomic mass is 16.5. The smallest absolute Gasteiger partial charge is 0.312 e. The molecule has 0 aliphatic carbocycles. The molecule has 0 aliphatic rings. The van der Waals surface area contributed by atoms with E-state index in [9.17, 15) is 4.79 Å². The number of aryl methyl sites for hydroxylation is 1. The molecule has 0 aromatic heterocycles. The van der Waals surface area contributed by atoms with Gasteiger partial charge in [-0.1, -0.05) is 72.8 Å². The Morgan fingerprint density at radius 3 is 2.03 bits per heavy atom. The fraction of sp³-hybridized carbons (Fsp3) is 0.321. The molecule has 0 fully saturated rings. The second kappa shape index (κ2) is 11.4. The van der Waals surface area contributed by atoms with E-state index >= 15 is 0 Å². The SMILES string of the molecule is CCOC(=O)C(C)(CCCc1ccccc1)Cc1ccc(OCc2ccccc2)cc1. The zero-order valence-electron chi connectivity index (χ0n) is 18.6. The largest absolute Gasteiger partial charge is 0.489 e. The molecule has 0 N–H and O–H groups in total. The Bertz CT molecular complexity index is 919. The first-order chi connectivity index (χ1) is 15.1. The van der Waals surface area contributed by atoms with E-state index in [0.29, 0.717) is 19.6 Å². The van der Waals surface area contributed by atoms with Crippen LogP contribution in [0.15, 0.2) is 84.9 Å². The Hall–Kier alpha value is -3.07. The first-order valence-corrected chi connectivity index (χ1v) is 11.1. The molecule has 3 aromatic rings. The molecule has 162 valence electrons. The normalized spacial score (nSPS) is 12.7. The van der Waals surface area contributed by atoms with Gasteiger partial charge >= 0.3 is 5.97 Å². The highest BCUT2D eigenvalue weighted by molar-refractivity contribution is 5.76. The molecule has 0 aliphatic heterocycles. The van der Waals surface area contributed by atoms with Gasteiger partial charge in [-0.3, -0.25) is 4.79 Å². The number of hydrogen-bond donors (Lipinski definition) is 0. The van der Waals surface area contributed by atoms with Crippen LogP contribution in [0.3, 0.4) is 0 Å². The molecule has 0 heterocycles. The van der Waals surface area contributed by atoms with Crippen molar-refractivity contribution in [1.29, 1.82) is 0 Å². The first-order valence-electron chi connectivity index (χ1n) is 11.1. The fourth-order valence-corrected chi connectivity index (χ4v) is 3.79. The minimum atomic E-state index is -0.544.